The van der Waals surface area contributed by atoms with Crippen LogP contribution in [0.25, 0.3) is 0 Å². The molecule has 0 bridgehead atoms. The van der Waals surface area contributed by atoms with E-state index in [2.05, 4.69) is 10.3 Å². The third-order valence-electron chi connectivity index (χ3n) is 3.95. The Hall–Kier alpha value is -2.25. The maximum atomic E-state index is 12.3. The maximum Gasteiger partial charge on any atom is 0.355 e. The molecule has 1 aliphatic rings. The van der Waals surface area contributed by atoms with E-state index in [1.807, 2.05) is 18.2 Å². The molecule has 3 rings (SSSR count). The number of amides is 1. The van der Waals surface area contributed by atoms with Gasteiger partial charge >= 0.3 is 5.97 Å². The average molecular weight is 346 g/mol. The van der Waals surface area contributed by atoms with E-state index in [-0.39, 0.29) is 11.6 Å². The average Bonchev–Trinajstić information content (AvgIpc) is 3.27. The van der Waals surface area contributed by atoms with E-state index in [9.17, 15) is 9.59 Å². The fourth-order valence-electron chi connectivity index (χ4n) is 2.64. The van der Waals surface area contributed by atoms with Crippen LogP contribution in [0.4, 0.5) is 0 Å². The number of rotatable bonds is 6. The van der Waals surface area contributed by atoms with Gasteiger partial charge in [-0.2, -0.15) is 0 Å². The lowest BCUT2D eigenvalue weighted by Crippen LogP contribution is -2.25. The van der Waals surface area contributed by atoms with Crippen LogP contribution < -0.4 is 5.32 Å². The summed E-state index contributed by atoms with van der Waals surface area (Å²) in [6.45, 7) is 1.90. The lowest BCUT2D eigenvalue weighted by Gasteiger charge is -2.10. The Labute approximate surface area is 143 Å². The topological polar surface area (TPSA) is 88.5 Å². The van der Waals surface area contributed by atoms with Crippen molar-refractivity contribution < 1.29 is 19.4 Å². The molecular weight excluding hydrogens is 328 g/mol. The van der Waals surface area contributed by atoms with Crippen molar-refractivity contribution in [2.45, 2.75) is 18.8 Å². The summed E-state index contributed by atoms with van der Waals surface area (Å²) in [5, 5.41) is 13.9. The number of benzene rings is 1. The van der Waals surface area contributed by atoms with E-state index in [4.69, 9.17) is 9.84 Å². The highest BCUT2D eigenvalue weighted by molar-refractivity contribution is 7.09. The van der Waals surface area contributed by atoms with Crippen molar-refractivity contribution in [2.75, 3.05) is 19.8 Å². The molecule has 126 valence electrons. The molecule has 1 amide bonds. The molecule has 0 radical (unpaired) electrons. The van der Waals surface area contributed by atoms with Crippen LogP contribution in [0.1, 0.15) is 43.8 Å². The van der Waals surface area contributed by atoms with Gasteiger partial charge in [-0.25, -0.2) is 9.78 Å². The number of hydrogen-bond donors (Lipinski definition) is 2. The zero-order chi connectivity index (χ0) is 16.9. The van der Waals surface area contributed by atoms with E-state index >= 15 is 0 Å². The van der Waals surface area contributed by atoms with Gasteiger partial charge in [0, 0.05) is 36.4 Å². The molecule has 0 spiro atoms. The van der Waals surface area contributed by atoms with Crippen LogP contribution in [0.5, 0.6) is 0 Å². The van der Waals surface area contributed by atoms with Crippen LogP contribution in [0.3, 0.4) is 0 Å². The van der Waals surface area contributed by atoms with Crippen molar-refractivity contribution in [3.05, 3.63) is 51.5 Å². The Morgan fingerprint density at radius 1 is 1.42 bits per heavy atom. The van der Waals surface area contributed by atoms with E-state index in [0.29, 0.717) is 36.1 Å². The number of carboxylic acids is 1. The number of thiazole rings is 1. The molecule has 0 unspecified atom stereocenters. The Morgan fingerprint density at radius 3 is 3.00 bits per heavy atom. The smallest absolute Gasteiger partial charge is 0.355 e. The van der Waals surface area contributed by atoms with Crippen molar-refractivity contribution in [1.82, 2.24) is 10.3 Å². The lowest BCUT2D eigenvalue weighted by molar-refractivity contribution is 0.0690. The fourth-order valence-corrected chi connectivity index (χ4v) is 3.41. The SMILES string of the molecule is O=C(NCCc1nc(C(=O)O)cs1)c1cccc([C@@H]2CCOC2)c1. The van der Waals surface area contributed by atoms with Crippen LogP contribution in [0.15, 0.2) is 29.6 Å². The molecule has 1 saturated heterocycles. The van der Waals surface area contributed by atoms with Crippen molar-refractivity contribution in [3.63, 3.8) is 0 Å². The predicted molar refractivity (Wildman–Crippen MR) is 89.7 cm³/mol. The molecule has 0 aliphatic carbocycles. The quantitative estimate of drug-likeness (QED) is 0.838. The summed E-state index contributed by atoms with van der Waals surface area (Å²) in [5.74, 6) is -0.803. The molecule has 1 aliphatic heterocycles. The maximum absolute atomic E-state index is 12.3. The molecule has 6 nitrogen and oxygen atoms in total. The number of ether oxygens (including phenoxy) is 1. The van der Waals surface area contributed by atoms with Crippen molar-refractivity contribution in [3.8, 4) is 0 Å². The summed E-state index contributed by atoms with van der Waals surface area (Å²) < 4.78 is 5.40. The van der Waals surface area contributed by atoms with Gasteiger partial charge in [0.1, 0.15) is 0 Å². The molecule has 0 saturated carbocycles. The summed E-state index contributed by atoms with van der Waals surface area (Å²) in [6.07, 6.45) is 1.50. The highest BCUT2D eigenvalue weighted by Crippen LogP contribution is 2.25. The first-order valence-corrected chi connectivity index (χ1v) is 8.65. The largest absolute Gasteiger partial charge is 0.476 e. The molecule has 24 heavy (non-hydrogen) atoms. The number of carbonyl (C=O) groups excluding carboxylic acids is 1. The van der Waals surface area contributed by atoms with Crippen molar-refractivity contribution in [2.24, 2.45) is 0 Å². The van der Waals surface area contributed by atoms with Gasteiger partial charge in [-0.15, -0.1) is 11.3 Å². The van der Waals surface area contributed by atoms with Gasteiger partial charge in [-0.3, -0.25) is 4.79 Å². The molecule has 7 heteroatoms. The number of nitrogens with zero attached hydrogens (tertiary/aromatic N) is 1. The zero-order valence-corrected chi connectivity index (χ0v) is 13.8. The van der Waals surface area contributed by atoms with Gasteiger partial charge in [0.15, 0.2) is 5.69 Å². The highest BCUT2D eigenvalue weighted by atomic mass is 32.1. The standard InChI is InChI=1S/C17H18N2O4S/c20-16(18-6-4-15-19-14(10-24-15)17(21)22)12-3-1-2-11(8-12)13-5-7-23-9-13/h1-3,8,10,13H,4-7,9H2,(H,18,20)(H,21,22)/t13-/m1/s1. The zero-order valence-electron chi connectivity index (χ0n) is 13.0. The summed E-state index contributed by atoms with van der Waals surface area (Å²) in [6, 6.07) is 7.63. The second-order valence-corrected chi connectivity index (χ2v) is 6.57. The van der Waals surface area contributed by atoms with Crippen LogP contribution in [-0.4, -0.2) is 41.7 Å². The Balaban J connectivity index is 1.54. The third-order valence-corrected chi connectivity index (χ3v) is 4.85. The number of hydrogen-bond acceptors (Lipinski definition) is 5. The molecule has 2 N–H and O–H groups in total. The summed E-state index contributed by atoms with van der Waals surface area (Å²) in [4.78, 5) is 27.0. The van der Waals surface area contributed by atoms with Gasteiger partial charge in [-0.05, 0) is 24.1 Å². The van der Waals surface area contributed by atoms with Crippen LogP contribution in [-0.2, 0) is 11.2 Å². The van der Waals surface area contributed by atoms with Crippen molar-refractivity contribution >= 4 is 23.2 Å². The van der Waals surface area contributed by atoms with E-state index < -0.39 is 5.97 Å². The minimum atomic E-state index is -1.03. The number of aromatic carboxylic acids is 1. The van der Waals surface area contributed by atoms with E-state index in [1.54, 1.807) is 6.07 Å². The van der Waals surface area contributed by atoms with Crippen molar-refractivity contribution in [1.29, 1.82) is 0 Å². The molecule has 2 aromatic rings. The first kappa shape index (κ1) is 16.6. The molecular formula is C17H18N2O4S. The molecule has 1 atom stereocenters. The Kier molecular flexibility index (Phi) is 5.22. The predicted octanol–water partition coefficient (Wildman–Crippen LogP) is 2.32. The van der Waals surface area contributed by atoms with E-state index in [0.717, 1.165) is 18.6 Å². The first-order chi connectivity index (χ1) is 11.6. The fraction of sp³-hybridized carbons (Fsp3) is 0.353. The number of carboxylic acid groups (broad SMARTS) is 1. The van der Waals surface area contributed by atoms with Gasteiger partial charge in [0.05, 0.1) is 11.6 Å². The van der Waals surface area contributed by atoms with Crippen LogP contribution >= 0.6 is 11.3 Å². The number of carbonyl (C=O) groups is 2. The third kappa shape index (κ3) is 3.98. The normalized spacial score (nSPS) is 16.9. The van der Waals surface area contributed by atoms with Gasteiger partial charge < -0.3 is 15.2 Å². The lowest BCUT2D eigenvalue weighted by atomic mass is 9.96. The molecule has 1 aromatic carbocycles. The van der Waals surface area contributed by atoms with E-state index in [1.165, 1.54) is 16.7 Å². The summed E-state index contributed by atoms with van der Waals surface area (Å²) in [7, 11) is 0. The highest BCUT2D eigenvalue weighted by Gasteiger charge is 2.18. The molecule has 1 fully saturated rings. The second kappa shape index (κ2) is 7.55. The summed E-state index contributed by atoms with van der Waals surface area (Å²) >= 11 is 1.29. The van der Waals surface area contributed by atoms with Gasteiger partial charge in [0.2, 0.25) is 0 Å². The minimum absolute atomic E-state index is 0.0489. The molecule has 2 heterocycles. The summed E-state index contributed by atoms with van der Waals surface area (Å²) in [5.41, 5.74) is 1.81. The first-order valence-electron chi connectivity index (χ1n) is 7.77. The van der Waals surface area contributed by atoms with Crippen LogP contribution in [0, 0.1) is 0 Å². The Bertz CT molecular complexity index is 738. The monoisotopic (exact) mass is 346 g/mol. The Morgan fingerprint density at radius 2 is 2.29 bits per heavy atom. The number of aromatic nitrogens is 1. The molecule has 1 aromatic heterocycles. The second-order valence-electron chi connectivity index (χ2n) is 5.62. The van der Waals surface area contributed by atoms with Crippen LogP contribution in [0.2, 0.25) is 0 Å². The minimum Gasteiger partial charge on any atom is -0.476 e. The van der Waals surface area contributed by atoms with Gasteiger partial charge in [-0.1, -0.05) is 12.1 Å². The van der Waals surface area contributed by atoms with Gasteiger partial charge in [0.25, 0.3) is 5.91 Å². The number of nitrogens with one attached hydrogen (secondary N) is 1.